The smallest absolute Gasteiger partial charge is 0.326 e. The molecule has 12 nitrogen and oxygen atoms in total. The van der Waals surface area contributed by atoms with Crippen LogP contribution in [0.1, 0.15) is 11.4 Å². The van der Waals surface area contributed by atoms with E-state index in [0.29, 0.717) is 39.5 Å². The number of hydrogen-bond acceptors (Lipinski definition) is 10. The van der Waals surface area contributed by atoms with Crippen LogP contribution in [0.5, 0.6) is 23.0 Å². The van der Waals surface area contributed by atoms with Crippen LogP contribution < -0.4 is 25.8 Å². The maximum absolute atomic E-state index is 12.1. The molecule has 0 aliphatic carbocycles. The lowest BCUT2D eigenvalue weighted by Crippen LogP contribution is -2.21. The van der Waals surface area contributed by atoms with Crippen molar-refractivity contribution in [3.05, 3.63) is 143 Å². The number of isocyanates is 1. The Hall–Kier alpha value is -6.33. The summed E-state index contributed by atoms with van der Waals surface area (Å²) in [5, 5.41) is 5.90. The van der Waals surface area contributed by atoms with Crippen molar-refractivity contribution in [3.63, 3.8) is 0 Å². The van der Waals surface area contributed by atoms with Crippen molar-refractivity contribution in [2.45, 2.75) is 13.8 Å². The lowest BCUT2D eigenvalue weighted by Gasteiger charge is -2.09. The van der Waals surface area contributed by atoms with Crippen molar-refractivity contribution >= 4 is 58.6 Å². The second-order valence-electron chi connectivity index (χ2n) is 9.98. The number of nitrogens with two attached hydrogens (primary N) is 1. The van der Waals surface area contributed by atoms with Crippen LogP contribution in [0.25, 0.3) is 0 Å². The maximum atomic E-state index is 12.1. The zero-order chi connectivity index (χ0) is 35.7. The van der Waals surface area contributed by atoms with Crippen LogP contribution in [0, 0.1) is 13.8 Å². The molecule has 0 saturated heterocycles. The molecule has 252 valence electrons. The summed E-state index contributed by atoms with van der Waals surface area (Å²) in [4.78, 5) is 41.2. The molecule has 0 atom stereocenters. The molecule has 0 fully saturated rings. The van der Waals surface area contributed by atoms with Crippen molar-refractivity contribution in [3.8, 4) is 23.0 Å². The zero-order valence-electron chi connectivity index (χ0n) is 26.7. The molecule has 4 N–H and O–H groups in total. The van der Waals surface area contributed by atoms with E-state index in [9.17, 15) is 9.59 Å². The van der Waals surface area contributed by atoms with Crippen LogP contribution in [0.3, 0.4) is 0 Å². The van der Waals surface area contributed by atoms with Crippen molar-refractivity contribution in [1.29, 1.82) is 0 Å². The van der Waals surface area contributed by atoms with Gasteiger partial charge in [0.05, 0.1) is 5.69 Å². The number of amides is 2. The molecule has 2 amide bonds. The Morgan fingerprint density at radius 2 is 1.20 bits per heavy atom. The molecule has 0 spiro atoms. The highest BCUT2D eigenvalue weighted by molar-refractivity contribution is 6.29. The number of aromatic nitrogens is 4. The summed E-state index contributed by atoms with van der Waals surface area (Å²) in [6.07, 6.45) is 1.49. The van der Waals surface area contributed by atoms with Crippen molar-refractivity contribution in [1.82, 2.24) is 19.9 Å². The Morgan fingerprint density at radius 1 is 0.660 bits per heavy atom. The molecule has 0 saturated carbocycles. The number of hydrogen-bond donors (Lipinski definition) is 3. The summed E-state index contributed by atoms with van der Waals surface area (Å²) in [7, 11) is 0. The van der Waals surface area contributed by atoms with Crippen molar-refractivity contribution in [2.24, 2.45) is 4.99 Å². The number of aliphatic imine (C=N–C) groups is 1. The van der Waals surface area contributed by atoms with E-state index in [2.05, 4.69) is 35.6 Å². The van der Waals surface area contributed by atoms with E-state index >= 15 is 0 Å². The van der Waals surface area contributed by atoms with Gasteiger partial charge in [-0.25, -0.2) is 29.5 Å². The van der Waals surface area contributed by atoms with Crippen molar-refractivity contribution in [2.75, 3.05) is 16.4 Å². The number of ether oxygens (including phenoxy) is 2. The first kappa shape index (κ1) is 36.5. The third-order valence-electron chi connectivity index (χ3n) is 5.93. The van der Waals surface area contributed by atoms with Crippen LogP contribution in [0.15, 0.2) is 126 Å². The molecule has 50 heavy (non-hydrogen) atoms. The van der Waals surface area contributed by atoms with E-state index in [1.807, 2.05) is 67.6 Å². The molecule has 2 aromatic heterocycles. The number of rotatable bonds is 7. The number of urea groups is 1. The van der Waals surface area contributed by atoms with E-state index in [1.165, 1.54) is 6.08 Å². The Labute approximate surface area is 298 Å². The van der Waals surface area contributed by atoms with Gasteiger partial charge < -0.3 is 20.5 Å². The number of benzene rings is 4. The number of para-hydroxylation sites is 2. The van der Waals surface area contributed by atoms with Gasteiger partial charge in [-0.2, -0.15) is 4.99 Å². The van der Waals surface area contributed by atoms with Gasteiger partial charge in [0.25, 0.3) is 0 Å². The fourth-order valence-corrected chi connectivity index (χ4v) is 4.44. The van der Waals surface area contributed by atoms with E-state index < -0.39 is 6.03 Å². The molecule has 0 radical (unpaired) electrons. The number of nitrogen functional groups attached to an aromatic ring is 1. The van der Waals surface area contributed by atoms with E-state index in [0.717, 1.165) is 11.4 Å². The van der Waals surface area contributed by atoms with Crippen molar-refractivity contribution < 1.29 is 19.1 Å². The second kappa shape index (κ2) is 18.9. The van der Waals surface area contributed by atoms with Crippen LogP contribution in [0.2, 0.25) is 10.3 Å². The van der Waals surface area contributed by atoms with Gasteiger partial charge in [-0.3, -0.25) is 5.32 Å². The number of carbonyl (C=O) groups is 1. The number of nitrogens with zero attached hydrogens (tertiary/aromatic N) is 5. The van der Waals surface area contributed by atoms with Gasteiger partial charge in [-0.05, 0) is 74.5 Å². The largest absolute Gasteiger partial charge is 0.457 e. The van der Waals surface area contributed by atoms with Crippen LogP contribution >= 0.6 is 23.2 Å². The van der Waals surface area contributed by atoms with Gasteiger partial charge >= 0.3 is 6.03 Å². The lowest BCUT2D eigenvalue weighted by molar-refractivity contribution is 0.262. The van der Waals surface area contributed by atoms with Gasteiger partial charge in [0.15, 0.2) is 0 Å². The fourth-order valence-electron chi connectivity index (χ4n) is 3.96. The van der Waals surface area contributed by atoms with Gasteiger partial charge in [-0.1, -0.05) is 71.7 Å². The third kappa shape index (κ3) is 13.1. The summed E-state index contributed by atoms with van der Waals surface area (Å²) in [5.74, 6) is 3.07. The second-order valence-corrected chi connectivity index (χ2v) is 10.8. The van der Waals surface area contributed by atoms with Gasteiger partial charge in [0.1, 0.15) is 33.3 Å². The standard InChI is InChI=1S/C18H15ClN4O2.C13H9NO2.C5H6ClN3/c1-12-10-16(19)22-17(20-12)23-18(24)21-13-6-5-9-15(11-13)25-14-7-3-2-4-8-14;15-10-14-11-5-4-8-13(9-11)16-12-6-2-1-3-7-12;1-3-2-4(6)9-5(7)8-3/h2-11H,1H3,(H2,20,21,22,23,24);1-9H;2H,1H3,(H2,7,8,9). The average molecular weight is 710 g/mol. The number of halogens is 2. The summed E-state index contributed by atoms with van der Waals surface area (Å²) in [5.41, 5.74) is 7.80. The van der Waals surface area contributed by atoms with E-state index in [-0.39, 0.29) is 17.0 Å². The molecule has 4 aromatic carbocycles. The molecular formula is C36H30Cl2N8O4. The maximum Gasteiger partial charge on any atom is 0.326 e. The molecular weight excluding hydrogens is 679 g/mol. The normalized spacial score (nSPS) is 9.76. The first-order valence-electron chi connectivity index (χ1n) is 14.7. The minimum Gasteiger partial charge on any atom is -0.457 e. The minimum atomic E-state index is -0.474. The number of carbonyl (C=O) groups excluding carboxylic acids is 2. The fraction of sp³-hybridized carbons (Fsp3) is 0.0556. The average Bonchev–Trinajstić information content (AvgIpc) is 3.06. The first-order valence-corrected chi connectivity index (χ1v) is 15.5. The van der Waals surface area contributed by atoms with Gasteiger partial charge in [0.2, 0.25) is 18.0 Å². The third-order valence-corrected chi connectivity index (χ3v) is 6.32. The monoisotopic (exact) mass is 708 g/mol. The highest BCUT2D eigenvalue weighted by atomic mass is 35.5. The zero-order valence-corrected chi connectivity index (χ0v) is 28.3. The topological polar surface area (TPSA) is 167 Å². The molecule has 0 aliphatic heterocycles. The van der Waals surface area contributed by atoms with Gasteiger partial charge in [-0.15, -0.1) is 0 Å². The molecule has 6 rings (SSSR count). The predicted molar refractivity (Wildman–Crippen MR) is 194 cm³/mol. The summed E-state index contributed by atoms with van der Waals surface area (Å²) < 4.78 is 11.3. The Bertz CT molecular complexity index is 1990. The van der Waals surface area contributed by atoms with Crippen LogP contribution in [-0.2, 0) is 4.79 Å². The Balaban J connectivity index is 0.000000191. The van der Waals surface area contributed by atoms with Crippen LogP contribution in [-0.4, -0.2) is 32.0 Å². The molecule has 14 heteroatoms. The summed E-state index contributed by atoms with van der Waals surface area (Å²) >= 11 is 11.4. The summed E-state index contributed by atoms with van der Waals surface area (Å²) in [6, 6.07) is 35.6. The predicted octanol–water partition coefficient (Wildman–Crippen LogP) is 9.34. The number of nitrogens with one attached hydrogen (secondary N) is 2. The molecule has 0 bridgehead atoms. The number of anilines is 3. The Morgan fingerprint density at radius 3 is 1.76 bits per heavy atom. The lowest BCUT2D eigenvalue weighted by atomic mass is 10.3. The van der Waals surface area contributed by atoms with Gasteiger partial charge in [0, 0.05) is 29.2 Å². The van der Waals surface area contributed by atoms with E-state index in [1.54, 1.807) is 67.6 Å². The molecule has 0 unspecified atom stereocenters. The summed E-state index contributed by atoms with van der Waals surface area (Å²) in [6.45, 7) is 3.57. The highest BCUT2D eigenvalue weighted by Crippen LogP contribution is 2.25. The Kier molecular flexibility index (Phi) is 13.8. The highest BCUT2D eigenvalue weighted by Gasteiger charge is 2.08. The van der Waals surface area contributed by atoms with E-state index in [4.69, 9.17) is 38.4 Å². The number of aryl methyl sites for hydroxylation is 2. The SMILES string of the molecule is Cc1cc(Cl)nc(N)n1.Cc1cc(Cl)nc(NC(=O)Nc2cccc(Oc3ccccc3)c2)n1.O=C=Nc1cccc(Oc2ccccc2)c1. The molecule has 0 aliphatic rings. The van der Waals surface area contributed by atoms with Crippen LogP contribution in [0.4, 0.5) is 28.1 Å². The quantitative estimate of drug-likeness (QED) is 0.0831. The first-order chi connectivity index (χ1) is 24.1. The molecule has 2 heterocycles. The molecule has 6 aromatic rings. The minimum absolute atomic E-state index is 0.138.